The lowest BCUT2D eigenvalue weighted by molar-refractivity contribution is 0.0596. The molecule has 1 aliphatic carbocycles. The predicted octanol–water partition coefficient (Wildman–Crippen LogP) is 1.67. The molecule has 0 unspecified atom stereocenters. The van der Waals surface area contributed by atoms with Gasteiger partial charge in [0.25, 0.3) is 0 Å². The normalized spacial score (nSPS) is 17.0. The van der Waals surface area contributed by atoms with Gasteiger partial charge in [0, 0.05) is 11.2 Å². The van der Waals surface area contributed by atoms with Gasteiger partial charge in [-0.15, -0.1) is 0 Å². The maximum absolute atomic E-state index is 12.6. The smallest absolute Gasteiger partial charge is 0.339 e. The molecule has 0 bridgehead atoms. The number of esters is 1. The van der Waals surface area contributed by atoms with E-state index in [1.807, 2.05) is 6.92 Å². The lowest BCUT2D eigenvalue weighted by atomic mass is 9.76. The molecule has 1 aliphatic rings. The van der Waals surface area contributed by atoms with Gasteiger partial charge < -0.3 is 10.5 Å². The molecule has 0 atom stereocenters. The first kappa shape index (κ1) is 15.8. The van der Waals surface area contributed by atoms with Gasteiger partial charge in [-0.1, -0.05) is 6.92 Å². The van der Waals surface area contributed by atoms with Crippen LogP contribution < -0.4 is 10.5 Å². The second kappa shape index (κ2) is 5.65. The SMILES string of the molecule is CCC1(NS(=O)(=O)c2ccc(N)cc2C(=O)OC)CCC1. The number of carbonyl (C=O) groups is 1. The van der Waals surface area contributed by atoms with E-state index in [0.717, 1.165) is 25.7 Å². The summed E-state index contributed by atoms with van der Waals surface area (Å²) in [5.74, 6) is -0.721. The van der Waals surface area contributed by atoms with Gasteiger partial charge in [0.15, 0.2) is 0 Å². The summed E-state index contributed by atoms with van der Waals surface area (Å²) < 4.78 is 32.6. The van der Waals surface area contributed by atoms with Crippen LogP contribution in [0.15, 0.2) is 23.1 Å². The molecule has 3 N–H and O–H groups in total. The van der Waals surface area contributed by atoms with Crippen molar-refractivity contribution in [3.63, 3.8) is 0 Å². The summed E-state index contributed by atoms with van der Waals surface area (Å²) in [6.07, 6.45) is 3.34. The Morgan fingerprint density at radius 2 is 2.10 bits per heavy atom. The van der Waals surface area contributed by atoms with E-state index in [1.165, 1.54) is 25.3 Å². The van der Waals surface area contributed by atoms with Gasteiger partial charge in [0.05, 0.1) is 17.6 Å². The third-order valence-electron chi connectivity index (χ3n) is 4.04. The van der Waals surface area contributed by atoms with Crippen LogP contribution in [0, 0.1) is 0 Å². The molecule has 1 aromatic carbocycles. The van der Waals surface area contributed by atoms with Crippen molar-refractivity contribution in [2.75, 3.05) is 12.8 Å². The monoisotopic (exact) mass is 312 g/mol. The Hall–Kier alpha value is -1.60. The number of nitrogen functional groups attached to an aromatic ring is 1. The second-order valence-corrected chi connectivity index (χ2v) is 6.99. The van der Waals surface area contributed by atoms with Gasteiger partial charge in [0.1, 0.15) is 0 Å². The number of nitrogens with two attached hydrogens (primary N) is 1. The minimum absolute atomic E-state index is 0.0458. The van der Waals surface area contributed by atoms with Crippen LogP contribution in [0.3, 0.4) is 0 Å². The fraction of sp³-hybridized carbons (Fsp3) is 0.500. The lowest BCUT2D eigenvalue weighted by Crippen LogP contribution is -2.52. The zero-order valence-corrected chi connectivity index (χ0v) is 13.0. The third-order valence-corrected chi connectivity index (χ3v) is 5.67. The van der Waals surface area contributed by atoms with Crippen molar-refractivity contribution in [1.29, 1.82) is 0 Å². The number of carbonyl (C=O) groups excluding carboxylic acids is 1. The number of methoxy groups -OCH3 is 1. The summed E-state index contributed by atoms with van der Waals surface area (Å²) in [5.41, 5.74) is 5.50. The van der Waals surface area contributed by atoms with Crippen LogP contribution in [0.5, 0.6) is 0 Å². The van der Waals surface area contributed by atoms with E-state index in [9.17, 15) is 13.2 Å². The van der Waals surface area contributed by atoms with E-state index in [1.54, 1.807) is 0 Å². The molecule has 0 heterocycles. The number of hydrogen-bond acceptors (Lipinski definition) is 5. The number of hydrogen-bond donors (Lipinski definition) is 2. The molecule has 6 nitrogen and oxygen atoms in total. The summed E-state index contributed by atoms with van der Waals surface area (Å²) in [5, 5.41) is 0. The summed E-state index contributed by atoms with van der Waals surface area (Å²) in [6, 6.07) is 4.12. The van der Waals surface area contributed by atoms with E-state index in [2.05, 4.69) is 9.46 Å². The summed E-state index contributed by atoms with van der Waals surface area (Å²) in [4.78, 5) is 11.7. The molecule has 116 valence electrons. The molecule has 0 aromatic heterocycles. The molecule has 0 amide bonds. The van der Waals surface area contributed by atoms with Gasteiger partial charge >= 0.3 is 5.97 Å². The Kier molecular flexibility index (Phi) is 4.25. The van der Waals surface area contributed by atoms with Crippen LogP contribution in [-0.4, -0.2) is 27.0 Å². The highest BCUT2D eigenvalue weighted by Gasteiger charge is 2.40. The molecule has 21 heavy (non-hydrogen) atoms. The maximum Gasteiger partial charge on any atom is 0.339 e. The van der Waals surface area contributed by atoms with Crippen LogP contribution in [-0.2, 0) is 14.8 Å². The Morgan fingerprint density at radius 3 is 2.57 bits per heavy atom. The van der Waals surface area contributed by atoms with Crippen LogP contribution in [0.1, 0.15) is 43.0 Å². The summed E-state index contributed by atoms with van der Waals surface area (Å²) >= 11 is 0. The number of benzene rings is 1. The van der Waals surface area contributed by atoms with Crippen molar-refractivity contribution in [2.24, 2.45) is 0 Å². The largest absolute Gasteiger partial charge is 0.465 e. The second-order valence-electron chi connectivity index (χ2n) is 5.34. The number of anilines is 1. The Morgan fingerprint density at radius 1 is 1.43 bits per heavy atom. The van der Waals surface area contributed by atoms with Crippen LogP contribution in [0.2, 0.25) is 0 Å². The Bertz CT molecular complexity index is 645. The van der Waals surface area contributed by atoms with Crippen molar-refractivity contribution < 1.29 is 17.9 Å². The lowest BCUT2D eigenvalue weighted by Gasteiger charge is -2.41. The number of nitrogens with one attached hydrogen (secondary N) is 1. The quantitative estimate of drug-likeness (QED) is 0.636. The van der Waals surface area contributed by atoms with E-state index < -0.39 is 21.5 Å². The highest BCUT2D eigenvalue weighted by Crippen LogP contribution is 2.36. The highest BCUT2D eigenvalue weighted by atomic mass is 32.2. The van der Waals surface area contributed by atoms with Gasteiger partial charge in [0.2, 0.25) is 10.0 Å². The average molecular weight is 312 g/mol. The Balaban J connectivity index is 2.42. The molecule has 0 radical (unpaired) electrons. The van der Waals surface area contributed by atoms with Gasteiger partial charge in [-0.05, 0) is 43.9 Å². The molecule has 0 saturated heterocycles. The average Bonchev–Trinajstić information content (AvgIpc) is 2.41. The molecule has 2 rings (SSSR count). The van der Waals surface area contributed by atoms with Crippen molar-refractivity contribution in [1.82, 2.24) is 4.72 Å². The van der Waals surface area contributed by atoms with Crippen molar-refractivity contribution in [2.45, 2.75) is 43.0 Å². The third kappa shape index (κ3) is 3.03. The van der Waals surface area contributed by atoms with Gasteiger partial charge in [-0.2, -0.15) is 0 Å². The summed E-state index contributed by atoms with van der Waals surface area (Å²) in [6.45, 7) is 1.95. The first-order chi connectivity index (χ1) is 9.83. The minimum atomic E-state index is -3.80. The predicted molar refractivity (Wildman–Crippen MR) is 79.4 cm³/mol. The zero-order chi connectivity index (χ0) is 15.7. The summed E-state index contributed by atoms with van der Waals surface area (Å²) in [7, 11) is -2.60. The number of rotatable bonds is 5. The molecular formula is C14H20N2O4S. The first-order valence-electron chi connectivity index (χ1n) is 6.85. The zero-order valence-electron chi connectivity index (χ0n) is 12.2. The van der Waals surface area contributed by atoms with E-state index in [0.29, 0.717) is 5.69 Å². The minimum Gasteiger partial charge on any atom is -0.465 e. The van der Waals surface area contributed by atoms with Crippen molar-refractivity contribution >= 4 is 21.7 Å². The van der Waals surface area contributed by atoms with E-state index in [4.69, 9.17) is 5.73 Å². The molecular weight excluding hydrogens is 292 g/mol. The molecule has 0 aliphatic heterocycles. The highest BCUT2D eigenvalue weighted by molar-refractivity contribution is 7.89. The topological polar surface area (TPSA) is 98.5 Å². The van der Waals surface area contributed by atoms with E-state index in [-0.39, 0.29) is 10.5 Å². The molecule has 1 fully saturated rings. The Labute approximate surface area is 124 Å². The number of sulfonamides is 1. The maximum atomic E-state index is 12.6. The fourth-order valence-corrected chi connectivity index (χ4v) is 4.23. The van der Waals surface area contributed by atoms with Gasteiger partial charge in [-0.25, -0.2) is 17.9 Å². The van der Waals surface area contributed by atoms with Crippen LogP contribution in [0.4, 0.5) is 5.69 Å². The first-order valence-corrected chi connectivity index (χ1v) is 8.34. The number of ether oxygens (including phenoxy) is 1. The molecule has 1 saturated carbocycles. The van der Waals surface area contributed by atoms with Gasteiger partial charge in [-0.3, -0.25) is 0 Å². The standard InChI is InChI=1S/C14H20N2O4S/c1-3-14(7-4-8-14)16-21(18,19)12-6-5-10(15)9-11(12)13(17)20-2/h5-6,9,16H,3-4,7-8,15H2,1-2H3. The fourth-order valence-electron chi connectivity index (χ4n) is 2.52. The van der Waals surface area contributed by atoms with Crippen LogP contribution >= 0.6 is 0 Å². The van der Waals surface area contributed by atoms with Crippen molar-refractivity contribution in [3.8, 4) is 0 Å². The van der Waals surface area contributed by atoms with E-state index >= 15 is 0 Å². The van der Waals surface area contributed by atoms with Crippen LogP contribution in [0.25, 0.3) is 0 Å². The molecule has 1 aromatic rings. The molecule has 0 spiro atoms. The van der Waals surface area contributed by atoms with Crippen molar-refractivity contribution in [3.05, 3.63) is 23.8 Å². The molecule has 7 heteroatoms.